The molecule has 0 spiro atoms. The highest BCUT2D eigenvalue weighted by atomic mass is 16.5. The first kappa shape index (κ1) is 18.6. The molecule has 0 fully saturated rings. The molecule has 104 valence electrons. The zero-order valence-corrected chi connectivity index (χ0v) is 11.6. The highest BCUT2D eigenvalue weighted by Crippen LogP contribution is 2.13. The normalized spacial score (nSPS) is 10.2. The van der Waals surface area contributed by atoms with Gasteiger partial charge >= 0.3 is 11.9 Å². The first-order chi connectivity index (χ1) is 7.95. The minimum absolute atomic E-state index is 0.266. The number of ether oxygens (including phenoxy) is 1. The van der Waals surface area contributed by atoms with Crippen LogP contribution in [0, 0.1) is 11.3 Å². The Morgan fingerprint density at radius 1 is 1.06 bits per heavy atom. The van der Waals surface area contributed by atoms with Crippen LogP contribution < -0.4 is 0 Å². The number of carbonyl (C=O) groups is 4. The summed E-state index contributed by atoms with van der Waals surface area (Å²) in [4.78, 5) is 41.5. The predicted octanol–water partition coefficient (Wildman–Crippen LogP) is 1.07. The van der Waals surface area contributed by atoms with Gasteiger partial charge in [-0.15, -0.1) is 0 Å². The highest BCUT2D eigenvalue weighted by Gasteiger charge is 2.27. The number of esters is 1. The fraction of sp³-hybridized carbons (Fsp3) is 0.667. The van der Waals surface area contributed by atoms with Crippen molar-refractivity contribution in [3.8, 4) is 0 Å². The molecular weight excluding hydrogens is 240 g/mol. The minimum atomic E-state index is -1.36. The lowest BCUT2D eigenvalue weighted by Gasteiger charge is -2.11. The molecule has 0 saturated heterocycles. The summed E-state index contributed by atoms with van der Waals surface area (Å²) in [6.45, 7) is 8.02. The fourth-order valence-corrected chi connectivity index (χ4v) is 0.657. The molecule has 0 aromatic carbocycles. The summed E-state index contributed by atoms with van der Waals surface area (Å²) >= 11 is 0. The van der Waals surface area contributed by atoms with Crippen LogP contribution in [0.5, 0.6) is 0 Å². The Bertz CT molecular complexity index is 335. The third-order valence-corrected chi connectivity index (χ3v) is 1.79. The van der Waals surface area contributed by atoms with Crippen molar-refractivity contribution in [2.45, 2.75) is 34.6 Å². The molecule has 1 N–H and O–H groups in total. The van der Waals surface area contributed by atoms with Gasteiger partial charge < -0.3 is 9.84 Å². The number of hydrogen-bond acceptors (Lipinski definition) is 5. The van der Waals surface area contributed by atoms with E-state index >= 15 is 0 Å². The monoisotopic (exact) mass is 260 g/mol. The summed E-state index contributed by atoms with van der Waals surface area (Å²) in [5, 5.41) is 8.17. The molecule has 0 rings (SSSR count). The van der Waals surface area contributed by atoms with Crippen molar-refractivity contribution in [1.29, 1.82) is 0 Å². The molecule has 18 heavy (non-hydrogen) atoms. The molecule has 0 saturated carbocycles. The maximum absolute atomic E-state index is 10.6. The second-order valence-corrected chi connectivity index (χ2v) is 4.89. The third-order valence-electron chi connectivity index (χ3n) is 1.79. The van der Waals surface area contributed by atoms with Gasteiger partial charge in [-0.3, -0.25) is 9.59 Å². The number of rotatable bonds is 3. The number of carboxylic acids is 1. The number of methoxy groups -OCH3 is 1. The third kappa shape index (κ3) is 7.54. The second kappa shape index (κ2) is 7.58. The Balaban J connectivity index is 0. The quantitative estimate of drug-likeness (QED) is 0.602. The number of carboxylic acid groups (broad SMARTS) is 1. The van der Waals surface area contributed by atoms with Crippen molar-refractivity contribution in [1.82, 2.24) is 0 Å². The van der Waals surface area contributed by atoms with Gasteiger partial charge in [0.25, 0.3) is 0 Å². The van der Waals surface area contributed by atoms with Crippen molar-refractivity contribution in [3.63, 3.8) is 0 Å². The summed E-state index contributed by atoms with van der Waals surface area (Å²) in [5.74, 6) is -3.61. The van der Waals surface area contributed by atoms with Crippen LogP contribution in [-0.4, -0.2) is 35.7 Å². The van der Waals surface area contributed by atoms with Crippen LogP contribution in [0.25, 0.3) is 0 Å². The number of carbonyl (C=O) groups excluding carboxylic acids is 3. The topological polar surface area (TPSA) is 97.7 Å². The van der Waals surface area contributed by atoms with E-state index in [0.717, 1.165) is 0 Å². The largest absolute Gasteiger partial charge is 0.475 e. The zero-order valence-electron chi connectivity index (χ0n) is 11.6. The molecule has 0 amide bonds. The minimum Gasteiger partial charge on any atom is -0.475 e. The maximum atomic E-state index is 10.6. The fourth-order valence-electron chi connectivity index (χ4n) is 0.657. The lowest BCUT2D eigenvalue weighted by Crippen LogP contribution is -2.27. The van der Waals surface area contributed by atoms with E-state index in [0.29, 0.717) is 0 Å². The van der Waals surface area contributed by atoms with E-state index in [-0.39, 0.29) is 5.92 Å². The maximum Gasteiger partial charge on any atom is 0.374 e. The smallest absolute Gasteiger partial charge is 0.374 e. The SMILES string of the molecule is CC(C)(C)C(=O)C(=O)O.COC(=O)C(=O)C(C)C. The van der Waals surface area contributed by atoms with E-state index in [4.69, 9.17) is 5.11 Å². The van der Waals surface area contributed by atoms with E-state index < -0.39 is 28.9 Å². The second-order valence-electron chi connectivity index (χ2n) is 4.89. The summed E-state index contributed by atoms with van der Waals surface area (Å²) < 4.78 is 4.18. The molecule has 0 aromatic rings. The molecule has 0 atom stereocenters. The molecule has 0 radical (unpaired) electrons. The standard InChI is InChI=1S/2C6H10O3/c1-6(2,3)4(7)5(8)9;1-4(2)5(7)6(8)9-3/h1-3H3,(H,8,9);4H,1-3H3. The Morgan fingerprint density at radius 3 is 1.50 bits per heavy atom. The highest BCUT2D eigenvalue weighted by molar-refractivity contribution is 6.34. The van der Waals surface area contributed by atoms with Crippen molar-refractivity contribution < 1.29 is 29.0 Å². The summed E-state index contributed by atoms with van der Waals surface area (Å²) in [5.41, 5.74) is -0.758. The molecule has 0 bridgehead atoms. The summed E-state index contributed by atoms with van der Waals surface area (Å²) in [6.07, 6.45) is 0. The van der Waals surface area contributed by atoms with E-state index in [1.165, 1.54) is 7.11 Å². The molecule has 0 heterocycles. The van der Waals surface area contributed by atoms with Crippen molar-refractivity contribution in [2.75, 3.05) is 7.11 Å². The molecule has 0 aliphatic rings. The molecule has 6 nitrogen and oxygen atoms in total. The van der Waals surface area contributed by atoms with E-state index in [2.05, 4.69) is 4.74 Å². The lowest BCUT2D eigenvalue weighted by molar-refractivity contribution is -0.153. The van der Waals surface area contributed by atoms with Crippen LogP contribution in [0.3, 0.4) is 0 Å². The number of ketones is 2. The van der Waals surface area contributed by atoms with Crippen molar-refractivity contribution in [3.05, 3.63) is 0 Å². The zero-order chi connectivity index (χ0) is 15.1. The van der Waals surface area contributed by atoms with E-state index in [1.54, 1.807) is 34.6 Å². The van der Waals surface area contributed by atoms with Crippen LogP contribution in [0.2, 0.25) is 0 Å². The first-order valence-corrected chi connectivity index (χ1v) is 5.35. The number of Topliss-reactive ketones (excluding diaryl/α,β-unsaturated/α-hetero) is 2. The summed E-state index contributed by atoms with van der Waals surface area (Å²) in [6, 6.07) is 0. The Kier molecular flexibility index (Phi) is 7.85. The van der Waals surface area contributed by atoms with Crippen LogP contribution in [-0.2, 0) is 23.9 Å². The van der Waals surface area contributed by atoms with Gasteiger partial charge in [0.05, 0.1) is 7.11 Å². The molecule has 0 aromatic heterocycles. The average molecular weight is 260 g/mol. The van der Waals surface area contributed by atoms with Gasteiger partial charge in [0.2, 0.25) is 11.6 Å². The Labute approximate surface area is 106 Å². The van der Waals surface area contributed by atoms with Gasteiger partial charge in [-0.25, -0.2) is 9.59 Å². The van der Waals surface area contributed by atoms with Gasteiger partial charge in [0.1, 0.15) is 0 Å². The van der Waals surface area contributed by atoms with Crippen LogP contribution in [0.1, 0.15) is 34.6 Å². The van der Waals surface area contributed by atoms with Gasteiger partial charge in [-0.1, -0.05) is 34.6 Å². The van der Waals surface area contributed by atoms with Crippen LogP contribution >= 0.6 is 0 Å². The Morgan fingerprint density at radius 2 is 1.44 bits per heavy atom. The van der Waals surface area contributed by atoms with Gasteiger partial charge in [-0.2, -0.15) is 0 Å². The summed E-state index contributed by atoms with van der Waals surface area (Å²) in [7, 11) is 1.20. The van der Waals surface area contributed by atoms with Gasteiger partial charge in [0.15, 0.2) is 0 Å². The van der Waals surface area contributed by atoms with E-state index in [9.17, 15) is 19.2 Å². The first-order valence-electron chi connectivity index (χ1n) is 5.35. The van der Waals surface area contributed by atoms with Crippen molar-refractivity contribution in [2.24, 2.45) is 11.3 Å². The van der Waals surface area contributed by atoms with Crippen molar-refractivity contribution >= 4 is 23.5 Å². The van der Waals surface area contributed by atoms with Gasteiger partial charge in [-0.05, 0) is 0 Å². The van der Waals surface area contributed by atoms with Gasteiger partial charge in [0, 0.05) is 11.3 Å². The molecule has 6 heteroatoms. The van der Waals surface area contributed by atoms with E-state index in [1.807, 2.05) is 0 Å². The number of hydrogen-bond donors (Lipinski definition) is 1. The lowest BCUT2D eigenvalue weighted by atomic mass is 9.91. The predicted molar refractivity (Wildman–Crippen MR) is 64.0 cm³/mol. The average Bonchev–Trinajstić information content (AvgIpc) is 2.25. The number of aliphatic carboxylic acids is 1. The van der Waals surface area contributed by atoms with Crippen LogP contribution in [0.15, 0.2) is 0 Å². The molecule has 0 aliphatic heterocycles. The molecule has 0 aliphatic carbocycles. The molecular formula is C12H20O6. The Hall–Kier alpha value is -1.72. The molecule has 0 unspecified atom stereocenters. The van der Waals surface area contributed by atoms with Crippen LogP contribution in [0.4, 0.5) is 0 Å².